The molecule has 3 rings (SSSR count). The van der Waals surface area contributed by atoms with Gasteiger partial charge < -0.3 is 14.6 Å². The summed E-state index contributed by atoms with van der Waals surface area (Å²) in [6.45, 7) is 7.10. The number of hydrogen-bond acceptors (Lipinski definition) is 3. The van der Waals surface area contributed by atoms with E-state index < -0.39 is 14.2 Å². The van der Waals surface area contributed by atoms with E-state index >= 15 is 0 Å². The Balaban J connectivity index is 1.95. The molecule has 170 valence electrons. The normalized spacial score (nSPS) is 13.1. The second kappa shape index (κ2) is 10.4. The fourth-order valence-corrected chi connectivity index (χ4v) is 10.0. The molecule has 0 bridgehead atoms. The average molecular weight is 453 g/mol. The van der Waals surface area contributed by atoms with Gasteiger partial charge in [0.25, 0.3) is 0 Å². The third-order valence-corrected chi connectivity index (χ3v) is 12.5. The molecule has 0 heterocycles. The van der Waals surface area contributed by atoms with Crippen molar-refractivity contribution in [2.75, 3.05) is 20.3 Å². The van der Waals surface area contributed by atoms with Crippen molar-refractivity contribution in [1.82, 2.24) is 0 Å². The summed E-state index contributed by atoms with van der Waals surface area (Å²) in [5.74, 6) is 0.130. The van der Waals surface area contributed by atoms with Crippen LogP contribution in [0, 0.1) is 5.82 Å². The molecule has 32 heavy (non-hydrogen) atoms. The lowest BCUT2D eigenvalue weighted by Gasteiger charge is -2.44. The van der Waals surface area contributed by atoms with E-state index in [1.807, 2.05) is 12.1 Å². The van der Waals surface area contributed by atoms with Crippen molar-refractivity contribution in [1.29, 1.82) is 0 Å². The van der Waals surface area contributed by atoms with Gasteiger partial charge in [0.05, 0.1) is 13.7 Å². The Morgan fingerprint density at radius 3 is 1.94 bits per heavy atom. The predicted molar refractivity (Wildman–Crippen MR) is 131 cm³/mol. The van der Waals surface area contributed by atoms with Crippen molar-refractivity contribution >= 4 is 18.4 Å². The number of rotatable bonds is 9. The Labute approximate surface area is 191 Å². The summed E-state index contributed by atoms with van der Waals surface area (Å²) in [5, 5.41) is 12.7. The van der Waals surface area contributed by atoms with Crippen LogP contribution in [-0.4, -0.2) is 33.5 Å². The van der Waals surface area contributed by atoms with Crippen LogP contribution < -0.4 is 15.1 Å². The molecule has 0 saturated carbocycles. The van der Waals surface area contributed by atoms with Crippen molar-refractivity contribution in [3.05, 3.63) is 90.2 Å². The third-order valence-electron chi connectivity index (χ3n) is 6.31. The van der Waals surface area contributed by atoms with Gasteiger partial charge in [0.1, 0.15) is 25.7 Å². The summed E-state index contributed by atoms with van der Waals surface area (Å²) in [6.07, 6.45) is -0.654. The molecular formula is C27H33FO3Si. The van der Waals surface area contributed by atoms with Gasteiger partial charge in [0, 0.05) is 12.2 Å². The van der Waals surface area contributed by atoms with Crippen LogP contribution in [0.2, 0.25) is 11.1 Å². The zero-order valence-electron chi connectivity index (χ0n) is 19.3. The van der Waals surface area contributed by atoms with Gasteiger partial charge in [-0.1, -0.05) is 91.8 Å². The summed E-state index contributed by atoms with van der Waals surface area (Å²) in [7, 11) is -0.739. The second-order valence-corrected chi connectivity index (χ2v) is 14.0. The summed E-state index contributed by atoms with van der Waals surface area (Å²) in [4.78, 5) is 0. The number of ether oxygens (including phenoxy) is 2. The summed E-state index contributed by atoms with van der Waals surface area (Å²) in [5.41, 5.74) is 0.525. The Morgan fingerprint density at radius 2 is 1.47 bits per heavy atom. The lowest BCUT2D eigenvalue weighted by molar-refractivity contribution is 0.0169. The van der Waals surface area contributed by atoms with Crippen LogP contribution in [0.4, 0.5) is 4.39 Å². The fourth-order valence-electron chi connectivity index (χ4n) is 4.69. The minimum absolute atomic E-state index is 0.0182. The molecule has 0 saturated heterocycles. The molecule has 5 heteroatoms. The second-order valence-electron chi connectivity index (χ2n) is 9.07. The molecule has 0 unspecified atom stereocenters. The maximum absolute atomic E-state index is 13.9. The number of benzene rings is 3. The first-order chi connectivity index (χ1) is 15.3. The largest absolute Gasteiger partial charge is 0.496 e. The molecule has 3 aromatic rings. The van der Waals surface area contributed by atoms with Crippen LogP contribution in [-0.2, 0) is 4.74 Å². The van der Waals surface area contributed by atoms with Gasteiger partial charge in [0.2, 0.25) is 0 Å². The van der Waals surface area contributed by atoms with Crippen LogP contribution in [0.15, 0.2) is 78.9 Å². The highest BCUT2D eigenvalue weighted by molar-refractivity contribution is 7.04. The Morgan fingerprint density at radius 1 is 0.906 bits per heavy atom. The van der Waals surface area contributed by atoms with Gasteiger partial charge in [-0.15, -0.1) is 0 Å². The molecule has 0 fully saturated rings. The lowest BCUT2D eigenvalue weighted by Crippen LogP contribution is -2.64. The van der Waals surface area contributed by atoms with Crippen LogP contribution >= 0.6 is 0 Å². The third kappa shape index (κ3) is 4.95. The lowest BCUT2D eigenvalue weighted by atomic mass is 10.1. The predicted octanol–water partition coefficient (Wildman–Crippen LogP) is 4.95. The SMILES string of the molecule is COc1ccc(F)cc1[C@H](CO)OCC[Si](c1ccccc1)(c1ccccc1)C(C)(C)C. The van der Waals surface area contributed by atoms with E-state index in [0.29, 0.717) is 17.9 Å². The standard InChI is InChI=1S/C27H33FO3Si/c1-27(2,3)32(22-11-7-5-8-12-22,23-13-9-6-10-14-23)18-17-31-26(20-29)24-19-21(28)15-16-25(24)30-4/h5-16,19,26,29H,17-18,20H2,1-4H3/t26-/m0/s1. The van der Waals surface area contributed by atoms with E-state index in [2.05, 4.69) is 69.3 Å². The molecule has 0 amide bonds. The molecule has 3 nitrogen and oxygen atoms in total. The van der Waals surface area contributed by atoms with E-state index in [1.54, 1.807) is 6.07 Å². The monoisotopic (exact) mass is 452 g/mol. The van der Waals surface area contributed by atoms with Crippen LogP contribution in [0.25, 0.3) is 0 Å². The van der Waals surface area contributed by atoms with E-state index in [-0.39, 0.29) is 17.5 Å². The number of halogens is 1. The minimum atomic E-state index is -2.27. The Bertz CT molecular complexity index is 947. The quantitative estimate of drug-likeness (QED) is 0.467. The first-order valence-electron chi connectivity index (χ1n) is 11.0. The van der Waals surface area contributed by atoms with Crippen molar-refractivity contribution in [3.8, 4) is 5.75 Å². The fraction of sp³-hybridized carbons (Fsp3) is 0.333. The van der Waals surface area contributed by atoms with Crippen LogP contribution in [0.3, 0.4) is 0 Å². The number of aliphatic hydroxyl groups is 1. The molecule has 3 aromatic carbocycles. The summed E-state index contributed by atoms with van der Waals surface area (Å²) in [6, 6.07) is 26.5. The maximum atomic E-state index is 13.9. The van der Waals surface area contributed by atoms with Gasteiger partial charge in [-0.05, 0) is 29.3 Å². The molecule has 0 aliphatic carbocycles. The highest BCUT2D eigenvalue weighted by Crippen LogP contribution is 2.39. The van der Waals surface area contributed by atoms with E-state index in [0.717, 1.165) is 6.04 Å². The first-order valence-corrected chi connectivity index (χ1v) is 13.2. The van der Waals surface area contributed by atoms with E-state index in [4.69, 9.17) is 9.47 Å². The molecule has 0 aliphatic rings. The highest BCUT2D eigenvalue weighted by atomic mass is 28.3. The molecule has 1 N–H and O–H groups in total. The molecule has 0 radical (unpaired) electrons. The van der Waals surface area contributed by atoms with Gasteiger partial charge in [-0.3, -0.25) is 0 Å². The van der Waals surface area contributed by atoms with Gasteiger partial charge in [-0.2, -0.15) is 0 Å². The maximum Gasteiger partial charge on any atom is 0.125 e. The van der Waals surface area contributed by atoms with Gasteiger partial charge >= 0.3 is 0 Å². The zero-order valence-corrected chi connectivity index (χ0v) is 20.3. The molecule has 1 atom stereocenters. The van der Waals surface area contributed by atoms with E-state index in [1.165, 1.54) is 29.6 Å². The topological polar surface area (TPSA) is 38.7 Å². The van der Waals surface area contributed by atoms with Crippen molar-refractivity contribution in [2.45, 2.75) is 38.0 Å². The number of methoxy groups -OCH3 is 1. The molecule has 0 aromatic heterocycles. The zero-order chi connectivity index (χ0) is 23.2. The minimum Gasteiger partial charge on any atom is -0.496 e. The smallest absolute Gasteiger partial charge is 0.125 e. The molecule has 0 aliphatic heterocycles. The average Bonchev–Trinajstić information content (AvgIpc) is 2.80. The van der Waals surface area contributed by atoms with Gasteiger partial charge in [-0.25, -0.2) is 4.39 Å². The van der Waals surface area contributed by atoms with Gasteiger partial charge in [0.15, 0.2) is 0 Å². The van der Waals surface area contributed by atoms with E-state index in [9.17, 15) is 9.50 Å². The highest BCUT2D eigenvalue weighted by Gasteiger charge is 2.47. The Kier molecular flexibility index (Phi) is 7.88. The summed E-state index contributed by atoms with van der Waals surface area (Å²) >= 11 is 0. The molecular weight excluding hydrogens is 419 g/mol. The summed E-state index contributed by atoms with van der Waals surface area (Å²) < 4.78 is 25.5. The van der Waals surface area contributed by atoms with Crippen molar-refractivity contribution in [2.24, 2.45) is 0 Å². The number of hydrogen-bond donors (Lipinski definition) is 1. The first kappa shape index (κ1) is 24.2. The Hall–Kier alpha value is -2.47. The van der Waals surface area contributed by atoms with Crippen LogP contribution in [0.1, 0.15) is 32.4 Å². The van der Waals surface area contributed by atoms with Crippen LogP contribution in [0.5, 0.6) is 5.75 Å². The van der Waals surface area contributed by atoms with Crippen molar-refractivity contribution < 1.29 is 19.0 Å². The number of aliphatic hydroxyl groups excluding tert-OH is 1. The van der Waals surface area contributed by atoms with Crippen molar-refractivity contribution in [3.63, 3.8) is 0 Å². The molecule has 0 spiro atoms.